The normalized spacial score (nSPS) is 10.2. The Bertz CT molecular complexity index is 385. The van der Waals surface area contributed by atoms with Gasteiger partial charge in [-0.25, -0.2) is 4.39 Å². The number of non-ortho nitro benzene ring substituents is 1. The first-order valence-corrected chi connectivity index (χ1v) is 5.53. The molecular formula is C11H16FN3O2. The quantitative estimate of drug-likeness (QED) is 0.436. The zero-order valence-electron chi connectivity index (χ0n) is 9.70. The lowest BCUT2D eigenvalue weighted by Gasteiger charge is -2.07. The molecule has 0 fully saturated rings. The minimum atomic E-state index is -0.613. The summed E-state index contributed by atoms with van der Waals surface area (Å²) in [5, 5.41) is 16.5. The van der Waals surface area contributed by atoms with Crippen LogP contribution in [-0.2, 0) is 0 Å². The van der Waals surface area contributed by atoms with E-state index >= 15 is 0 Å². The van der Waals surface area contributed by atoms with Gasteiger partial charge in [-0.2, -0.15) is 0 Å². The van der Waals surface area contributed by atoms with Crippen molar-refractivity contribution in [2.45, 2.75) is 13.3 Å². The smallest absolute Gasteiger partial charge is 0.272 e. The molecule has 17 heavy (non-hydrogen) atoms. The van der Waals surface area contributed by atoms with Crippen LogP contribution < -0.4 is 10.6 Å². The first-order valence-electron chi connectivity index (χ1n) is 5.53. The van der Waals surface area contributed by atoms with Gasteiger partial charge in [0.2, 0.25) is 0 Å². The monoisotopic (exact) mass is 241 g/mol. The Balaban J connectivity index is 2.46. The minimum Gasteiger partial charge on any atom is -0.383 e. The van der Waals surface area contributed by atoms with Gasteiger partial charge < -0.3 is 10.6 Å². The van der Waals surface area contributed by atoms with Gasteiger partial charge >= 0.3 is 0 Å². The highest BCUT2D eigenvalue weighted by molar-refractivity contribution is 5.49. The molecule has 0 radical (unpaired) electrons. The van der Waals surface area contributed by atoms with Crippen LogP contribution in [0.25, 0.3) is 0 Å². The van der Waals surface area contributed by atoms with Crippen molar-refractivity contribution in [1.29, 1.82) is 0 Å². The molecule has 0 aliphatic rings. The van der Waals surface area contributed by atoms with Crippen LogP contribution in [0.1, 0.15) is 13.3 Å². The van der Waals surface area contributed by atoms with E-state index in [1.165, 1.54) is 12.1 Å². The summed E-state index contributed by atoms with van der Waals surface area (Å²) in [6, 6.07) is 3.60. The lowest BCUT2D eigenvalue weighted by molar-refractivity contribution is -0.385. The highest BCUT2D eigenvalue weighted by Crippen LogP contribution is 2.20. The zero-order chi connectivity index (χ0) is 12.7. The first kappa shape index (κ1) is 13.4. The molecule has 0 aliphatic heterocycles. The maximum absolute atomic E-state index is 13.4. The van der Waals surface area contributed by atoms with E-state index in [4.69, 9.17) is 0 Å². The Hall–Kier alpha value is -1.69. The third kappa shape index (κ3) is 4.36. The molecule has 0 amide bonds. The van der Waals surface area contributed by atoms with Crippen molar-refractivity contribution in [1.82, 2.24) is 5.32 Å². The molecule has 0 unspecified atom stereocenters. The van der Waals surface area contributed by atoms with Crippen molar-refractivity contribution in [3.8, 4) is 0 Å². The van der Waals surface area contributed by atoms with Crippen LogP contribution in [-0.4, -0.2) is 24.6 Å². The van der Waals surface area contributed by atoms with E-state index in [1.54, 1.807) is 0 Å². The molecule has 0 bridgehead atoms. The molecule has 0 aliphatic carbocycles. The average molecular weight is 241 g/mol. The summed E-state index contributed by atoms with van der Waals surface area (Å²) in [6.45, 7) is 4.41. The number of halogens is 1. The first-order chi connectivity index (χ1) is 8.15. The number of rotatable bonds is 7. The van der Waals surface area contributed by atoms with Crippen LogP contribution in [0.2, 0.25) is 0 Å². The summed E-state index contributed by atoms with van der Waals surface area (Å²) in [6.07, 6.45) is 0.865. The van der Waals surface area contributed by atoms with E-state index < -0.39 is 10.7 Å². The van der Waals surface area contributed by atoms with Crippen molar-refractivity contribution < 1.29 is 9.31 Å². The second-order valence-electron chi connectivity index (χ2n) is 3.56. The van der Waals surface area contributed by atoms with Crippen LogP contribution >= 0.6 is 0 Å². The molecule has 5 nitrogen and oxygen atoms in total. The molecule has 0 aromatic heterocycles. The Labute approximate surface area is 99.2 Å². The zero-order valence-corrected chi connectivity index (χ0v) is 9.70. The number of anilines is 1. The SMILES string of the molecule is CCNCCCNc1ccc([N+](=O)[O-])cc1F. The summed E-state index contributed by atoms with van der Waals surface area (Å²) in [7, 11) is 0. The molecule has 1 rings (SSSR count). The van der Waals surface area contributed by atoms with E-state index in [0.29, 0.717) is 12.2 Å². The number of nitro groups is 1. The number of nitrogens with zero attached hydrogens (tertiary/aromatic N) is 1. The Morgan fingerprint density at radius 1 is 1.41 bits per heavy atom. The summed E-state index contributed by atoms with van der Waals surface area (Å²) in [4.78, 5) is 9.79. The summed E-state index contributed by atoms with van der Waals surface area (Å²) < 4.78 is 13.4. The van der Waals surface area contributed by atoms with Crippen molar-refractivity contribution in [3.63, 3.8) is 0 Å². The number of nitrogens with one attached hydrogen (secondary N) is 2. The third-order valence-electron chi connectivity index (χ3n) is 2.26. The van der Waals surface area contributed by atoms with E-state index in [1.807, 2.05) is 6.92 Å². The van der Waals surface area contributed by atoms with Crippen molar-refractivity contribution in [2.24, 2.45) is 0 Å². The second kappa shape index (κ2) is 6.80. The molecule has 2 N–H and O–H groups in total. The van der Waals surface area contributed by atoms with Gasteiger partial charge in [0.1, 0.15) is 0 Å². The molecular weight excluding hydrogens is 225 g/mol. The van der Waals surface area contributed by atoms with E-state index in [9.17, 15) is 14.5 Å². The molecule has 0 atom stereocenters. The fourth-order valence-electron chi connectivity index (χ4n) is 1.37. The molecule has 6 heteroatoms. The number of benzene rings is 1. The number of nitro benzene ring substituents is 1. The Morgan fingerprint density at radius 2 is 2.18 bits per heavy atom. The van der Waals surface area contributed by atoms with Crippen LogP contribution in [0.4, 0.5) is 15.8 Å². The average Bonchev–Trinajstić information content (AvgIpc) is 2.30. The Kier molecular flexibility index (Phi) is 5.35. The van der Waals surface area contributed by atoms with Crippen LogP contribution in [0, 0.1) is 15.9 Å². The van der Waals surface area contributed by atoms with Crippen LogP contribution in [0.3, 0.4) is 0 Å². The third-order valence-corrected chi connectivity index (χ3v) is 2.26. The fraction of sp³-hybridized carbons (Fsp3) is 0.455. The highest BCUT2D eigenvalue weighted by atomic mass is 19.1. The molecule has 94 valence electrons. The maximum Gasteiger partial charge on any atom is 0.272 e. The summed E-state index contributed by atoms with van der Waals surface area (Å²) >= 11 is 0. The van der Waals surface area contributed by atoms with Crippen molar-refractivity contribution in [2.75, 3.05) is 25.0 Å². The standard InChI is InChI=1S/C11H16FN3O2/c1-2-13-6-3-7-14-11-5-4-9(15(16)17)8-10(11)12/h4-5,8,13-14H,2-3,6-7H2,1H3. The van der Waals surface area contributed by atoms with E-state index in [0.717, 1.165) is 25.6 Å². The van der Waals surface area contributed by atoms with Gasteiger partial charge in [-0.1, -0.05) is 6.92 Å². The molecule has 1 aromatic carbocycles. The lowest BCUT2D eigenvalue weighted by atomic mass is 10.2. The second-order valence-corrected chi connectivity index (χ2v) is 3.56. The van der Waals surface area contributed by atoms with Gasteiger partial charge in [0.25, 0.3) is 5.69 Å². The minimum absolute atomic E-state index is 0.235. The van der Waals surface area contributed by atoms with Crippen molar-refractivity contribution in [3.05, 3.63) is 34.1 Å². The predicted octanol–water partition coefficient (Wildman–Crippen LogP) is 2.15. The molecule has 0 spiro atoms. The van der Waals surface area contributed by atoms with Crippen LogP contribution in [0.15, 0.2) is 18.2 Å². The highest BCUT2D eigenvalue weighted by Gasteiger charge is 2.09. The lowest BCUT2D eigenvalue weighted by Crippen LogP contribution is -2.17. The maximum atomic E-state index is 13.4. The fourth-order valence-corrected chi connectivity index (χ4v) is 1.37. The summed E-state index contributed by atoms with van der Waals surface area (Å²) in [5.74, 6) is -0.595. The van der Waals surface area contributed by atoms with Crippen LogP contribution in [0.5, 0.6) is 0 Å². The van der Waals surface area contributed by atoms with E-state index in [-0.39, 0.29) is 5.69 Å². The Morgan fingerprint density at radius 3 is 2.76 bits per heavy atom. The topological polar surface area (TPSA) is 67.2 Å². The molecule has 0 saturated carbocycles. The van der Waals surface area contributed by atoms with E-state index in [2.05, 4.69) is 10.6 Å². The predicted molar refractivity (Wildman–Crippen MR) is 64.7 cm³/mol. The van der Waals surface area contributed by atoms with Gasteiger partial charge in [-0.3, -0.25) is 10.1 Å². The van der Waals surface area contributed by atoms with Crippen molar-refractivity contribution >= 4 is 11.4 Å². The molecule has 0 saturated heterocycles. The van der Waals surface area contributed by atoms with Gasteiger partial charge in [0.05, 0.1) is 16.7 Å². The summed E-state index contributed by atoms with van der Waals surface area (Å²) in [5.41, 5.74) is 0.0628. The number of hydrogen-bond donors (Lipinski definition) is 2. The molecule has 0 heterocycles. The van der Waals surface area contributed by atoms with Gasteiger partial charge in [-0.15, -0.1) is 0 Å². The largest absolute Gasteiger partial charge is 0.383 e. The van der Waals surface area contributed by atoms with Gasteiger partial charge in [-0.05, 0) is 25.6 Å². The molecule has 1 aromatic rings. The van der Waals surface area contributed by atoms with Gasteiger partial charge in [0.15, 0.2) is 5.82 Å². The number of hydrogen-bond acceptors (Lipinski definition) is 4. The van der Waals surface area contributed by atoms with Gasteiger partial charge in [0, 0.05) is 12.6 Å².